The number of aromatic hydroxyl groups is 1. The quantitative estimate of drug-likeness (QED) is 0.220. The van der Waals surface area contributed by atoms with Gasteiger partial charge in [0.2, 0.25) is 0 Å². The second-order valence-electron chi connectivity index (χ2n) is 5.44. The van der Waals surface area contributed by atoms with Crippen LogP contribution in [0.1, 0.15) is 18.9 Å². The molecule has 7 heteroatoms. The lowest BCUT2D eigenvalue weighted by molar-refractivity contribution is 0.180. The van der Waals surface area contributed by atoms with E-state index in [0.29, 0.717) is 6.54 Å². The van der Waals surface area contributed by atoms with Gasteiger partial charge in [0.1, 0.15) is 5.75 Å². The maximum absolute atomic E-state index is 9.29. The summed E-state index contributed by atoms with van der Waals surface area (Å²) in [4.78, 5) is 6.83. The number of halogens is 1. The molecular weight excluding hydrogens is 419 g/mol. The van der Waals surface area contributed by atoms with Crippen molar-refractivity contribution in [1.82, 2.24) is 15.5 Å². The zero-order valence-corrected chi connectivity index (χ0v) is 17.2. The Morgan fingerprint density at radius 2 is 1.92 bits per heavy atom. The van der Waals surface area contributed by atoms with Crippen LogP contribution in [0.4, 0.5) is 0 Å². The van der Waals surface area contributed by atoms with Crippen LogP contribution in [0, 0.1) is 0 Å². The predicted molar refractivity (Wildman–Crippen MR) is 110 cm³/mol. The van der Waals surface area contributed by atoms with Gasteiger partial charge in [-0.2, -0.15) is 0 Å². The van der Waals surface area contributed by atoms with Crippen molar-refractivity contribution in [2.45, 2.75) is 19.9 Å². The molecule has 0 aliphatic heterocycles. The number of ether oxygens (including phenoxy) is 1. The van der Waals surface area contributed by atoms with E-state index in [0.717, 1.165) is 50.7 Å². The molecule has 0 saturated heterocycles. The van der Waals surface area contributed by atoms with Crippen LogP contribution < -0.4 is 10.6 Å². The summed E-state index contributed by atoms with van der Waals surface area (Å²) in [7, 11) is 3.84. The van der Waals surface area contributed by atoms with Crippen LogP contribution >= 0.6 is 24.0 Å². The Hall–Kier alpha value is -1.06. The van der Waals surface area contributed by atoms with Crippen LogP contribution in [0.2, 0.25) is 0 Å². The lowest BCUT2D eigenvalue weighted by Crippen LogP contribution is -2.41. The van der Waals surface area contributed by atoms with Gasteiger partial charge < -0.3 is 25.4 Å². The number of nitrogens with one attached hydrogen (secondary N) is 2. The molecular formula is C17H31IN4O2. The summed E-state index contributed by atoms with van der Waals surface area (Å²) in [5, 5.41) is 15.9. The van der Waals surface area contributed by atoms with Crippen LogP contribution in [0.15, 0.2) is 29.3 Å². The number of rotatable bonds is 10. The first-order valence-corrected chi connectivity index (χ1v) is 8.13. The number of benzene rings is 1. The van der Waals surface area contributed by atoms with Crippen molar-refractivity contribution in [2.24, 2.45) is 4.99 Å². The lowest BCUT2D eigenvalue weighted by Gasteiger charge is -2.18. The fourth-order valence-electron chi connectivity index (χ4n) is 2.07. The van der Waals surface area contributed by atoms with Crippen LogP contribution in [-0.4, -0.2) is 62.9 Å². The SMILES string of the molecule is CCNC(=NCc1ccc(O)cc1)NCCN(C)CCCOC.I. The average Bonchev–Trinajstić information content (AvgIpc) is 2.54. The first-order valence-electron chi connectivity index (χ1n) is 8.13. The lowest BCUT2D eigenvalue weighted by atomic mass is 10.2. The highest BCUT2D eigenvalue weighted by Crippen LogP contribution is 2.10. The third-order valence-electron chi connectivity index (χ3n) is 3.37. The van der Waals surface area contributed by atoms with Crippen LogP contribution in [0.5, 0.6) is 5.75 Å². The number of aliphatic imine (C=N–C) groups is 1. The first kappa shape index (κ1) is 22.9. The third kappa shape index (κ3) is 10.7. The molecule has 0 bridgehead atoms. The number of phenols is 1. The molecule has 0 aromatic heterocycles. The van der Waals surface area contributed by atoms with Gasteiger partial charge in [0.25, 0.3) is 0 Å². The highest BCUT2D eigenvalue weighted by atomic mass is 127. The van der Waals surface area contributed by atoms with E-state index in [4.69, 9.17) is 4.74 Å². The highest BCUT2D eigenvalue weighted by molar-refractivity contribution is 14.0. The van der Waals surface area contributed by atoms with Crippen molar-refractivity contribution in [3.63, 3.8) is 0 Å². The molecule has 24 heavy (non-hydrogen) atoms. The number of hydrogen-bond acceptors (Lipinski definition) is 4. The molecule has 138 valence electrons. The minimum Gasteiger partial charge on any atom is -0.508 e. The summed E-state index contributed by atoms with van der Waals surface area (Å²) >= 11 is 0. The van der Waals surface area contributed by atoms with Crippen molar-refractivity contribution >= 4 is 29.9 Å². The highest BCUT2D eigenvalue weighted by Gasteiger charge is 2.01. The molecule has 0 spiro atoms. The van der Waals surface area contributed by atoms with Gasteiger partial charge >= 0.3 is 0 Å². The molecule has 0 aliphatic rings. The number of guanidine groups is 1. The van der Waals surface area contributed by atoms with E-state index in [9.17, 15) is 5.11 Å². The number of methoxy groups -OCH3 is 1. The third-order valence-corrected chi connectivity index (χ3v) is 3.37. The van der Waals surface area contributed by atoms with Gasteiger partial charge in [0, 0.05) is 39.9 Å². The van der Waals surface area contributed by atoms with E-state index in [1.54, 1.807) is 19.2 Å². The van der Waals surface area contributed by atoms with E-state index >= 15 is 0 Å². The first-order chi connectivity index (χ1) is 11.2. The molecule has 1 rings (SSSR count). The summed E-state index contributed by atoms with van der Waals surface area (Å²) < 4.78 is 5.06. The van der Waals surface area contributed by atoms with E-state index in [-0.39, 0.29) is 29.7 Å². The molecule has 0 fully saturated rings. The second-order valence-corrected chi connectivity index (χ2v) is 5.44. The van der Waals surface area contributed by atoms with Gasteiger partial charge in [-0.25, -0.2) is 4.99 Å². The van der Waals surface area contributed by atoms with Gasteiger partial charge in [-0.15, -0.1) is 24.0 Å². The summed E-state index contributed by atoms with van der Waals surface area (Å²) in [6, 6.07) is 7.12. The smallest absolute Gasteiger partial charge is 0.191 e. The Morgan fingerprint density at radius 3 is 2.54 bits per heavy atom. The Kier molecular flexibility index (Phi) is 13.7. The molecule has 0 atom stereocenters. The molecule has 0 aliphatic carbocycles. The molecule has 0 unspecified atom stereocenters. The molecule has 0 radical (unpaired) electrons. The van der Waals surface area contributed by atoms with E-state index < -0.39 is 0 Å². The molecule has 0 saturated carbocycles. The van der Waals surface area contributed by atoms with E-state index in [1.165, 1.54) is 0 Å². The van der Waals surface area contributed by atoms with Gasteiger partial charge in [-0.05, 0) is 38.1 Å². The zero-order valence-electron chi connectivity index (χ0n) is 14.9. The summed E-state index contributed by atoms with van der Waals surface area (Å²) in [5.74, 6) is 1.09. The van der Waals surface area contributed by atoms with Crippen molar-refractivity contribution < 1.29 is 9.84 Å². The predicted octanol–water partition coefficient (Wildman–Crippen LogP) is 2.03. The second kappa shape index (κ2) is 14.3. The van der Waals surface area contributed by atoms with Crippen molar-refractivity contribution in [3.05, 3.63) is 29.8 Å². The normalized spacial score (nSPS) is 11.2. The molecule has 6 nitrogen and oxygen atoms in total. The van der Waals surface area contributed by atoms with Gasteiger partial charge in [0.05, 0.1) is 6.54 Å². The minimum atomic E-state index is 0. The minimum absolute atomic E-state index is 0. The van der Waals surface area contributed by atoms with Gasteiger partial charge in [-0.1, -0.05) is 12.1 Å². The van der Waals surface area contributed by atoms with Gasteiger partial charge in [0.15, 0.2) is 5.96 Å². The maximum atomic E-state index is 9.29. The Morgan fingerprint density at radius 1 is 1.21 bits per heavy atom. The Bertz CT molecular complexity index is 454. The van der Waals surface area contributed by atoms with Crippen molar-refractivity contribution in [1.29, 1.82) is 0 Å². The summed E-state index contributed by atoms with van der Waals surface area (Å²) in [6.45, 7) is 7.07. The fraction of sp³-hybridized carbons (Fsp3) is 0.588. The standard InChI is InChI=1S/C17H30N4O2.HI/c1-4-18-17(19-10-12-21(2)11-5-13-23-3)20-14-15-6-8-16(22)9-7-15;/h6-9,22H,4-5,10-14H2,1-3H3,(H2,18,19,20);1H. The molecule has 3 N–H and O–H groups in total. The van der Waals surface area contributed by atoms with Crippen molar-refractivity contribution in [2.75, 3.05) is 46.9 Å². The summed E-state index contributed by atoms with van der Waals surface area (Å²) in [5.41, 5.74) is 1.07. The molecule has 1 aromatic carbocycles. The number of nitrogens with zero attached hydrogens (tertiary/aromatic N) is 2. The van der Waals surface area contributed by atoms with Crippen LogP contribution in [-0.2, 0) is 11.3 Å². The van der Waals surface area contributed by atoms with Crippen LogP contribution in [0.3, 0.4) is 0 Å². The van der Waals surface area contributed by atoms with Crippen LogP contribution in [0.25, 0.3) is 0 Å². The Labute approximate surface area is 162 Å². The monoisotopic (exact) mass is 450 g/mol. The van der Waals surface area contributed by atoms with E-state index in [1.807, 2.05) is 12.1 Å². The zero-order chi connectivity index (χ0) is 16.9. The number of phenolic OH excluding ortho intramolecular Hbond substituents is 1. The van der Waals surface area contributed by atoms with Gasteiger partial charge in [-0.3, -0.25) is 0 Å². The summed E-state index contributed by atoms with van der Waals surface area (Å²) in [6.07, 6.45) is 1.04. The molecule has 0 heterocycles. The number of likely N-dealkylation sites (N-methyl/N-ethyl adjacent to an activating group) is 1. The van der Waals surface area contributed by atoms with Crippen molar-refractivity contribution in [3.8, 4) is 5.75 Å². The average molecular weight is 450 g/mol. The van der Waals surface area contributed by atoms with E-state index in [2.05, 4.69) is 34.5 Å². The largest absolute Gasteiger partial charge is 0.508 e. The fourth-order valence-corrected chi connectivity index (χ4v) is 2.07. The Balaban J connectivity index is 0.00000529. The number of hydrogen-bond donors (Lipinski definition) is 3. The molecule has 1 aromatic rings. The topological polar surface area (TPSA) is 69.1 Å². The maximum Gasteiger partial charge on any atom is 0.191 e. The molecule has 0 amide bonds.